The van der Waals surface area contributed by atoms with Gasteiger partial charge in [0.05, 0.1) is 11.8 Å². The van der Waals surface area contributed by atoms with E-state index in [0.717, 1.165) is 5.56 Å². The molecule has 0 radical (unpaired) electrons. The largest absolute Gasteiger partial charge is 0.489 e. The molecule has 1 amide bonds. The number of hydrogen-bond acceptors (Lipinski definition) is 3. The highest BCUT2D eigenvalue weighted by Gasteiger charge is 2.10. The molecular formula is C18H18N2O2. The molecule has 2 rings (SSSR count). The number of amides is 1. The summed E-state index contributed by atoms with van der Waals surface area (Å²) in [6.07, 6.45) is 3.23. The molecule has 0 heterocycles. The van der Waals surface area contributed by atoms with Crippen molar-refractivity contribution in [3.63, 3.8) is 0 Å². The van der Waals surface area contributed by atoms with Crippen LogP contribution >= 0.6 is 0 Å². The van der Waals surface area contributed by atoms with Gasteiger partial charge in [-0.3, -0.25) is 4.79 Å². The van der Waals surface area contributed by atoms with Crippen LogP contribution in [0.15, 0.2) is 66.3 Å². The molecule has 0 bridgehead atoms. The zero-order valence-corrected chi connectivity index (χ0v) is 12.5. The topological polar surface area (TPSA) is 50.7 Å². The number of nitrogens with one attached hydrogen (secondary N) is 1. The lowest BCUT2D eigenvalue weighted by Gasteiger charge is -2.08. The van der Waals surface area contributed by atoms with Crippen LogP contribution in [0, 0.1) is 6.92 Å². The Hall–Kier alpha value is -2.88. The number of nitrogens with zero attached hydrogens (tertiary/aromatic N) is 1. The Morgan fingerprint density at radius 3 is 2.68 bits per heavy atom. The minimum Gasteiger partial charge on any atom is -0.489 e. The lowest BCUT2D eigenvalue weighted by molar-refractivity contribution is 0.0951. The summed E-state index contributed by atoms with van der Waals surface area (Å²) in [5.41, 5.74) is 5.03. The van der Waals surface area contributed by atoms with Crippen LogP contribution in [0.25, 0.3) is 0 Å². The van der Waals surface area contributed by atoms with Crippen molar-refractivity contribution in [2.45, 2.75) is 6.92 Å². The van der Waals surface area contributed by atoms with E-state index in [2.05, 4.69) is 17.1 Å². The maximum atomic E-state index is 12.1. The zero-order valence-electron chi connectivity index (χ0n) is 12.5. The highest BCUT2D eigenvalue weighted by Crippen LogP contribution is 2.17. The molecule has 4 nitrogen and oxygen atoms in total. The van der Waals surface area contributed by atoms with Crippen LogP contribution in [0.3, 0.4) is 0 Å². The minimum absolute atomic E-state index is 0.317. The van der Waals surface area contributed by atoms with Gasteiger partial charge in [0.1, 0.15) is 12.4 Å². The van der Waals surface area contributed by atoms with E-state index in [-0.39, 0.29) is 5.91 Å². The van der Waals surface area contributed by atoms with Gasteiger partial charge in [-0.1, -0.05) is 54.6 Å². The van der Waals surface area contributed by atoms with E-state index in [1.807, 2.05) is 37.3 Å². The molecule has 2 aromatic rings. The molecule has 22 heavy (non-hydrogen) atoms. The van der Waals surface area contributed by atoms with Crippen LogP contribution in [-0.2, 0) is 0 Å². The lowest BCUT2D eigenvalue weighted by atomic mass is 10.2. The van der Waals surface area contributed by atoms with Gasteiger partial charge in [0, 0.05) is 0 Å². The third kappa shape index (κ3) is 4.31. The average Bonchev–Trinajstić information content (AvgIpc) is 2.55. The number of hydrogen-bond donors (Lipinski definition) is 1. The van der Waals surface area contributed by atoms with Gasteiger partial charge in [-0.2, -0.15) is 5.10 Å². The van der Waals surface area contributed by atoms with Crippen molar-refractivity contribution in [1.29, 1.82) is 0 Å². The average molecular weight is 294 g/mol. The van der Waals surface area contributed by atoms with Crippen molar-refractivity contribution >= 4 is 12.1 Å². The van der Waals surface area contributed by atoms with E-state index in [9.17, 15) is 4.79 Å². The first-order valence-electron chi connectivity index (χ1n) is 6.93. The van der Waals surface area contributed by atoms with Crippen LogP contribution in [0.5, 0.6) is 5.75 Å². The van der Waals surface area contributed by atoms with E-state index in [1.54, 1.807) is 30.5 Å². The molecule has 2 aromatic carbocycles. The first kappa shape index (κ1) is 15.5. The van der Waals surface area contributed by atoms with E-state index >= 15 is 0 Å². The van der Waals surface area contributed by atoms with Crippen molar-refractivity contribution in [1.82, 2.24) is 5.43 Å². The molecule has 112 valence electrons. The van der Waals surface area contributed by atoms with Crippen LogP contribution < -0.4 is 10.2 Å². The molecule has 0 aliphatic heterocycles. The highest BCUT2D eigenvalue weighted by molar-refractivity contribution is 5.97. The number of carbonyl (C=O) groups is 1. The molecule has 0 spiro atoms. The summed E-state index contributed by atoms with van der Waals surface area (Å²) in [5.74, 6) is 0.188. The number of para-hydroxylation sites is 1. The van der Waals surface area contributed by atoms with Crippen molar-refractivity contribution in [3.05, 3.63) is 77.9 Å². The number of hydrazone groups is 1. The molecule has 0 aliphatic rings. The molecule has 0 unspecified atom stereocenters. The summed E-state index contributed by atoms with van der Waals surface area (Å²) in [6.45, 7) is 5.95. The van der Waals surface area contributed by atoms with Gasteiger partial charge in [-0.15, -0.1) is 0 Å². The van der Waals surface area contributed by atoms with Crippen molar-refractivity contribution in [2.75, 3.05) is 6.61 Å². The zero-order chi connectivity index (χ0) is 15.8. The number of rotatable bonds is 6. The second-order valence-corrected chi connectivity index (χ2v) is 4.71. The van der Waals surface area contributed by atoms with E-state index in [0.29, 0.717) is 17.9 Å². The molecule has 0 saturated carbocycles. The summed E-state index contributed by atoms with van der Waals surface area (Å²) in [5, 5.41) is 3.97. The van der Waals surface area contributed by atoms with Gasteiger partial charge < -0.3 is 4.74 Å². The summed E-state index contributed by atoms with van der Waals surface area (Å²) >= 11 is 0. The Kier molecular flexibility index (Phi) is 5.49. The predicted molar refractivity (Wildman–Crippen MR) is 88.4 cm³/mol. The molecule has 4 heteroatoms. The Balaban J connectivity index is 2.03. The fraction of sp³-hybridized carbons (Fsp3) is 0.111. The monoisotopic (exact) mass is 294 g/mol. The van der Waals surface area contributed by atoms with Gasteiger partial charge in [0.15, 0.2) is 0 Å². The number of aryl methyl sites for hydroxylation is 1. The van der Waals surface area contributed by atoms with Crippen LogP contribution in [0.2, 0.25) is 0 Å². The van der Waals surface area contributed by atoms with Crippen LogP contribution in [0.4, 0.5) is 0 Å². The molecule has 1 N–H and O–H groups in total. The van der Waals surface area contributed by atoms with Crippen molar-refractivity contribution in [2.24, 2.45) is 5.10 Å². The second kappa shape index (κ2) is 7.78. The van der Waals surface area contributed by atoms with E-state index in [1.165, 1.54) is 5.56 Å². The molecule has 0 aromatic heterocycles. The summed E-state index contributed by atoms with van der Waals surface area (Å²) in [4.78, 5) is 12.1. The maximum Gasteiger partial charge on any atom is 0.275 e. The van der Waals surface area contributed by atoms with Crippen molar-refractivity contribution in [3.8, 4) is 5.75 Å². The first-order valence-corrected chi connectivity index (χ1v) is 6.93. The summed E-state index contributed by atoms with van der Waals surface area (Å²) in [7, 11) is 0. The smallest absolute Gasteiger partial charge is 0.275 e. The normalized spacial score (nSPS) is 10.4. The summed E-state index contributed by atoms with van der Waals surface area (Å²) in [6, 6.07) is 14.9. The van der Waals surface area contributed by atoms with Crippen LogP contribution in [0.1, 0.15) is 21.5 Å². The Labute approximate surface area is 130 Å². The van der Waals surface area contributed by atoms with Gasteiger partial charge in [-0.25, -0.2) is 5.43 Å². The predicted octanol–water partition coefficient (Wildman–Crippen LogP) is 3.32. The third-order valence-corrected chi connectivity index (χ3v) is 2.95. The van der Waals surface area contributed by atoms with Gasteiger partial charge in [0.2, 0.25) is 0 Å². The quantitative estimate of drug-likeness (QED) is 0.505. The van der Waals surface area contributed by atoms with Crippen molar-refractivity contribution < 1.29 is 9.53 Å². The fourth-order valence-electron chi connectivity index (χ4n) is 1.81. The van der Waals surface area contributed by atoms with Gasteiger partial charge in [0.25, 0.3) is 5.91 Å². The van der Waals surface area contributed by atoms with Crippen LogP contribution in [-0.4, -0.2) is 18.7 Å². The minimum atomic E-state index is -0.317. The highest BCUT2D eigenvalue weighted by atomic mass is 16.5. The fourth-order valence-corrected chi connectivity index (χ4v) is 1.81. The molecular weight excluding hydrogens is 276 g/mol. The molecule has 0 aliphatic carbocycles. The number of carbonyl (C=O) groups excluding carboxylic acids is 1. The molecule has 0 saturated heterocycles. The maximum absolute atomic E-state index is 12.1. The van der Waals surface area contributed by atoms with E-state index in [4.69, 9.17) is 4.74 Å². The number of ether oxygens (including phenoxy) is 1. The first-order chi connectivity index (χ1) is 10.7. The Bertz CT molecular complexity index is 676. The number of benzene rings is 2. The van der Waals surface area contributed by atoms with Gasteiger partial charge in [-0.05, 0) is 24.6 Å². The Morgan fingerprint density at radius 1 is 1.23 bits per heavy atom. The summed E-state index contributed by atoms with van der Waals surface area (Å²) < 4.78 is 5.45. The standard InChI is InChI=1S/C18H18N2O2/c1-3-12-22-17-7-5-4-6-16(17)18(21)20-19-13-15-10-8-14(2)9-11-15/h3-11,13H,1,12H2,2H3,(H,20,21)/b19-13+. The van der Waals surface area contributed by atoms with Gasteiger partial charge >= 0.3 is 0 Å². The third-order valence-electron chi connectivity index (χ3n) is 2.95. The van der Waals surface area contributed by atoms with E-state index < -0.39 is 0 Å². The second-order valence-electron chi connectivity index (χ2n) is 4.71. The lowest BCUT2D eigenvalue weighted by Crippen LogP contribution is -2.18. The Morgan fingerprint density at radius 2 is 1.95 bits per heavy atom. The molecule has 0 atom stereocenters. The molecule has 0 fully saturated rings. The SMILES string of the molecule is C=CCOc1ccccc1C(=O)N/N=C/c1ccc(C)cc1.